The molecule has 0 bridgehead atoms. The highest BCUT2D eigenvalue weighted by Crippen LogP contribution is 2.23. The summed E-state index contributed by atoms with van der Waals surface area (Å²) in [6, 6.07) is 7.43. The summed E-state index contributed by atoms with van der Waals surface area (Å²) in [5.41, 5.74) is 2.13. The van der Waals surface area contributed by atoms with E-state index in [1.54, 1.807) is 24.3 Å². The average molecular weight is 387 g/mol. The number of ether oxygens (including phenoxy) is 1. The Bertz CT molecular complexity index is 806. The third kappa shape index (κ3) is 4.39. The van der Waals surface area contributed by atoms with Crippen molar-refractivity contribution < 1.29 is 9.53 Å². The fraction of sp³-hybridized carbons (Fsp3) is 0.450. The van der Waals surface area contributed by atoms with Crippen LogP contribution >= 0.6 is 11.6 Å². The van der Waals surface area contributed by atoms with Crippen molar-refractivity contribution in [2.45, 2.75) is 38.3 Å². The Labute approximate surface area is 163 Å². The van der Waals surface area contributed by atoms with Crippen LogP contribution in [-0.4, -0.2) is 40.5 Å². The van der Waals surface area contributed by atoms with E-state index in [2.05, 4.69) is 10.3 Å². The highest BCUT2D eigenvalue weighted by molar-refractivity contribution is 6.30. The van der Waals surface area contributed by atoms with Crippen LogP contribution in [-0.2, 0) is 17.8 Å². The molecule has 27 heavy (non-hydrogen) atoms. The highest BCUT2D eigenvalue weighted by Gasteiger charge is 2.25. The number of amides is 1. The minimum atomic E-state index is 0.0937. The van der Waals surface area contributed by atoms with Gasteiger partial charge in [-0.2, -0.15) is 0 Å². The van der Waals surface area contributed by atoms with Crippen molar-refractivity contribution in [3.8, 4) is 5.75 Å². The van der Waals surface area contributed by atoms with E-state index in [-0.39, 0.29) is 11.9 Å². The lowest BCUT2D eigenvalue weighted by Gasteiger charge is -2.28. The average Bonchev–Trinajstić information content (AvgIpc) is 3.23. The standard InChI is InChI=1S/C20H23ClN4O2/c21-15-3-5-16(6-4-15)27-11-8-19(26)25-10-7-17-14(13-25)12-23-20(24-17)18-2-1-9-22-18/h3-6,12,18,22H,1-2,7-11,13H2. The number of aromatic nitrogens is 2. The molecule has 0 aliphatic carbocycles. The Kier molecular flexibility index (Phi) is 5.55. The minimum Gasteiger partial charge on any atom is -0.493 e. The third-order valence-corrected chi connectivity index (χ3v) is 5.33. The van der Waals surface area contributed by atoms with E-state index in [0.29, 0.717) is 31.1 Å². The van der Waals surface area contributed by atoms with Crippen molar-refractivity contribution in [2.24, 2.45) is 0 Å². The monoisotopic (exact) mass is 386 g/mol. The van der Waals surface area contributed by atoms with Gasteiger partial charge in [0.25, 0.3) is 0 Å². The summed E-state index contributed by atoms with van der Waals surface area (Å²) in [6.45, 7) is 2.66. The Hall–Kier alpha value is -2.18. The molecule has 1 N–H and O–H groups in total. The van der Waals surface area contributed by atoms with E-state index in [4.69, 9.17) is 21.3 Å². The van der Waals surface area contributed by atoms with Crippen LogP contribution < -0.4 is 10.1 Å². The molecule has 7 heteroatoms. The fourth-order valence-electron chi connectivity index (χ4n) is 3.56. The predicted octanol–water partition coefficient (Wildman–Crippen LogP) is 2.91. The summed E-state index contributed by atoms with van der Waals surface area (Å²) in [5, 5.41) is 4.10. The van der Waals surface area contributed by atoms with Gasteiger partial charge in [0, 0.05) is 36.3 Å². The summed E-state index contributed by atoms with van der Waals surface area (Å²) in [6.07, 6.45) is 5.29. The molecule has 1 amide bonds. The number of carbonyl (C=O) groups excluding carboxylic acids is 1. The lowest BCUT2D eigenvalue weighted by Crippen LogP contribution is -2.37. The summed E-state index contributed by atoms with van der Waals surface area (Å²) in [7, 11) is 0. The van der Waals surface area contributed by atoms with Gasteiger partial charge in [0.1, 0.15) is 11.6 Å². The molecule has 2 aromatic rings. The van der Waals surface area contributed by atoms with Crippen LogP contribution in [0.2, 0.25) is 5.02 Å². The molecular formula is C20H23ClN4O2. The van der Waals surface area contributed by atoms with Gasteiger partial charge in [0.2, 0.25) is 5.91 Å². The molecule has 142 valence electrons. The summed E-state index contributed by atoms with van der Waals surface area (Å²) < 4.78 is 5.63. The molecule has 0 saturated carbocycles. The molecule has 1 saturated heterocycles. The van der Waals surface area contributed by atoms with E-state index in [1.165, 1.54) is 6.42 Å². The minimum absolute atomic E-state index is 0.0937. The van der Waals surface area contributed by atoms with Crippen LogP contribution in [0.1, 0.15) is 42.4 Å². The maximum atomic E-state index is 12.5. The molecule has 1 unspecified atom stereocenters. The SMILES string of the molecule is O=C(CCOc1ccc(Cl)cc1)N1CCc2nc(C3CCCN3)ncc2C1. The Morgan fingerprint density at radius 3 is 2.96 bits per heavy atom. The quantitative estimate of drug-likeness (QED) is 0.855. The number of nitrogens with zero attached hydrogens (tertiary/aromatic N) is 3. The van der Waals surface area contributed by atoms with Gasteiger partial charge in [0.15, 0.2) is 0 Å². The van der Waals surface area contributed by atoms with E-state index in [0.717, 1.165) is 42.2 Å². The highest BCUT2D eigenvalue weighted by atomic mass is 35.5. The van der Waals surface area contributed by atoms with Crippen LogP contribution in [0.25, 0.3) is 0 Å². The number of benzene rings is 1. The van der Waals surface area contributed by atoms with Gasteiger partial charge in [-0.05, 0) is 43.7 Å². The molecule has 1 atom stereocenters. The van der Waals surface area contributed by atoms with Gasteiger partial charge in [-0.25, -0.2) is 9.97 Å². The molecular weight excluding hydrogens is 364 g/mol. The second kappa shape index (κ2) is 8.23. The zero-order valence-corrected chi connectivity index (χ0v) is 15.9. The third-order valence-electron chi connectivity index (χ3n) is 5.08. The van der Waals surface area contributed by atoms with Crippen molar-refractivity contribution in [3.05, 3.63) is 52.6 Å². The first-order valence-electron chi connectivity index (χ1n) is 9.43. The Balaban J connectivity index is 1.30. The van der Waals surface area contributed by atoms with Gasteiger partial charge < -0.3 is 15.0 Å². The van der Waals surface area contributed by atoms with E-state index >= 15 is 0 Å². The molecule has 2 aliphatic rings. The first kappa shape index (κ1) is 18.2. The number of halogens is 1. The van der Waals surface area contributed by atoms with Gasteiger partial charge in [-0.15, -0.1) is 0 Å². The second-order valence-corrected chi connectivity index (χ2v) is 7.40. The van der Waals surface area contributed by atoms with Gasteiger partial charge in [-0.3, -0.25) is 4.79 Å². The van der Waals surface area contributed by atoms with Crippen molar-refractivity contribution in [1.82, 2.24) is 20.2 Å². The van der Waals surface area contributed by atoms with Crippen molar-refractivity contribution in [3.63, 3.8) is 0 Å². The number of nitrogens with one attached hydrogen (secondary N) is 1. The topological polar surface area (TPSA) is 67.3 Å². The molecule has 1 aromatic heterocycles. The molecule has 4 rings (SSSR count). The lowest BCUT2D eigenvalue weighted by atomic mass is 10.1. The summed E-state index contributed by atoms with van der Waals surface area (Å²) in [5.74, 6) is 1.70. The smallest absolute Gasteiger partial charge is 0.226 e. The maximum Gasteiger partial charge on any atom is 0.226 e. The number of hydrogen-bond acceptors (Lipinski definition) is 5. The lowest BCUT2D eigenvalue weighted by molar-refractivity contribution is -0.132. The molecule has 6 nitrogen and oxygen atoms in total. The zero-order valence-electron chi connectivity index (χ0n) is 15.2. The zero-order chi connectivity index (χ0) is 18.6. The van der Waals surface area contributed by atoms with Crippen molar-refractivity contribution >= 4 is 17.5 Å². The van der Waals surface area contributed by atoms with E-state index in [9.17, 15) is 4.79 Å². The fourth-order valence-corrected chi connectivity index (χ4v) is 3.69. The molecule has 0 radical (unpaired) electrons. The van der Waals surface area contributed by atoms with Gasteiger partial charge >= 0.3 is 0 Å². The molecule has 1 aromatic carbocycles. The van der Waals surface area contributed by atoms with E-state index < -0.39 is 0 Å². The molecule has 0 spiro atoms. The predicted molar refractivity (Wildman–Crippen MR) is 103 cm³/mol. The van der Waals surface area contributed by atoms with Crippen molar-refractivity contribution in [2.75, 3.05) is 19.7 Å². The van der Waals surface area contributed by atoms with Crippen LogP contribution in [0.3, 0.4) is 0 Å². The molecule has 1 fully saturated rings. The van der Waals surface area contributed by atoms with Crippen LogP contribution in [0.4, 0.5) is 0 Å². The second-order valence-electron chi connectivity index (χ2n) is 6.97. The Morgan fingerprint density at radius 2 is 2.19 bits per heavy atom. The first-order chi connectivity index (χ1) is 13.2. The molecule has 3 heterocycles. The van der Waals surface area contributed by atoms with Crippen LogP contribution in [0.5, 0.6) is 5.75 Å². The van der Waals surface area contributed by atoms with Gasteiger partial charge in [-0.1, -0.05) is 11.6 Å². The largest absolute Gasteiger partial charge is 0.493 e. The van der Waals surface area contributed by atoms with Crippen LogP contribution in [0.15, 0.2) is 30.5 Å². The maximum absolute atomic E-state index is 12.5. The van der Waals surface area contributed by atoms with Crippen LogP contribution in [0, 0.1) is 0 Å². The van der Waals surface area contributed by atoms with E-state index in [1.807, 2.05) is 11.1 Å². The summed E-state index contributed by atoms with van der Waals surface area (Å²) >= 11 is 5.86. The molecule has 2 aliphatic heterocycles. The Morgan fingerprint density at radius 1 is 1.33 bits per heavy atom. The summed E-state index contributed by atoms with van der Waals surface area (Å²) in [4.78, 5) is 23.6. The van der Waals surface area contributed by atoms with Gasteiger partial charge in [0.05, 0.1) is 24.8 Å². The van der Waals surface area contributed by atoms with Crippen molar-refractivity contribution in [1.29, 1.82) is 0 Å². The normalized spacial score (nSPS) is 19.0. The number of fused-ring (bicyclic) bond motifs is 1. The number of hydrogen-bond donors (Lipinski definition) is 1. The number of carbonyl (C=O) groups is 1. The first-order valence-corrected chi connectivity index (χ1v) is 9.81. The number of rotatable bonds is 5.